The van der Waals surface area contributed by atoms with E-state index in [0.717, 1.165) is 36.0 Å². The molecule has 0 heterocycles. The van der Waals surface area contributed by atoms with Crippen molar-refractivity contribution in [2.45, 2.75) is 73.6 Å². The third-order valence-electron chi connectivity index (χ3n) is 7.53. The first-order valence-electron chi connectivity index (χ1n) is 10.5. The topological polar surface area (TPSA) is 35.5 Å². The van der Waals surface area contributed by atoms with E-state index in [-0.39, 0.29) is 23.6 Å². The Morgan fingerprint density at radius 1 is 1.08 bits per heavy atom. The van der Waals surface area contributed by atoms with Crippen molar-refractivity contribution in [2.75, 3.05) is 13.4 Å². The van der Waals surface area contributed by atoms with Crippen LogP contribution < -0.4 is 0 Å². The molecule has 3 aliphatic rings. The maximum atomic E-state index is 12.9. The smallest absolute Gasteiger partial charge is 0.314 e. The number of carbonyl (C=O) groups is 1. The molecule has 3 fully saturated rings. The summed E-state index contributed by atoms with van der Waals surface area (Å²) < 4.78 is 11.2. The highest BCUT2D eigenvalue weighted by molar-refractivity contribution is 5.77. The Labute approximate surface area is 154 Å². The van der Waals surface area contributed by atoms with Crippen LogP contribution in [0.25, 0.3) is 0 Å². The second-order valence-corrected chi connectivity index (χ2v) is 10.4. The van der Waals surface area contributed by atoms with Crippen molar-refractivity contribution in [3.63, 3.8) is 0 Å². The summed E-state index contributed by atoms with van der Waals surface area (Å²) in [5, 5.41) is 0. The monoisotopic (exact) mass is 350 g/mol. The normalized spacial score (nSPS) is 42.6. The molecule has 0 aromatic heterocycles. The van der Waals surface area contributed by atoms with E-state index >= 15 is 0 Å². The Balaban J connectivity index is 1.63. The Hall–Kier alpha value is -0.570. The summed E-state index contributed by atoms with van der Waals surface area (Å²) in [5.74, 6) is 4.58. The van der Waals surface area contributed by atoms with Crippen molar-refractivity contribution in [1.29, 1.82) is 0 Å². The molecule has 25 heavy (non-hydrogen) atoms. The van der Waals surface area contributed by atoms with Gasteiger partial charge in [0.05, 0.1) is 12.0 Å². The lowest BCUT2D eigenvalue weighted by Crippen LogP contribution is -2.43. The molecule has 144 valence electrons. The van der Waals surface area contributed by atoms with Crippen molar-refractivity contribution in [3.05, 3.63) is 0 Å². The van der Waals surface area contributed by atoms with Crippen molar-refractivity contribution < 1.29 is 14.3 Å². The molecule has 0 amide bonds. The van der Waals surface area contributed by atoms with Gasteiger partial charge in [-0.25, -0.2) is 0 Å². The summed E-state index contributed by atoms with van der Waals surface area (Å²) in [6, 6.07) is 0. The molecule has 0 saturated heterocycles. The first-order valence-corrected chi connectivity index (χ1v) is 10.5. The van der Waals surface area contributed by atoms with E-state index in [0.29, 0.717) is 12.5 Å². The molecule has 2 bridgehead atoms. The molecule has 0 N–H and O–H groups in total. The molecule has 3 heteroatoms. The Morgan fingerprint density at radius 3 is 2.32 bits per heavy atom. The fourth-order valence-electron chi connectivity index (χ4n) is 6.59. The van der Waals surface area contributed by atoms with Crippen LogP contribution in [0.3, 0.4) is 0 Å². The lowest BCUT2D eigenvalue weighted by atomic mass is 9.63. The second kappa shape index (κ2) is 6.87. The number of fused-ring (bicyclic) bond motifs is 5. The molecular formula is C22H38O3. The molecule has 0 aromatic rings. The van der Waals surface area contributed by atoms with Crippen LogP contribution in [0.1, 0.15) is 73.6 Å². The quantitative estimate of drug-likeness (QED) is 0.371. The average molecular weight is 351 g/mol. The van der Waals surface area contributed by atoms with E-state index in [4.69, 9.17) is 9.47 Å². The molecule has 3 saturated carbocycles. The van der Waals surface area contributed by atoms with Crippen molar-refractivity contribution in [3.8, 4) is 0 Å². The van der Waals surface area contributed by atoms with Gasteiger partial charge in [0, 0.05) is 0 Å². The van der Waals surface area contributed by atoms with Gasteiger partial charge < -0.3 is 9.47 Å². The van der Waals surface area contributed by atoms with Gasteiger partial charge in [0.2, 0.25) is 0 Å². The molecule has 3 nitrogen and oxygen atoms in total. The van der Waals surface area contributed by atoms with Gasteiger partial charge in [0.25, 0.3) is 0 Å². The molecule has 3 aliphatic carbocycles. The third-order valence-corrected chi connectivity index (χ3v) is 7.53. The fraction of sp³-hybridized carbons (Fsp3) is 0.955. The number of hydrogen-bond acceptors (Lipinski definition) is 3. The number of ether oxygens (including phenoxy) is 2. The van der Waals surface area contributed by atoms with Crippen LogP contribution in [-0.4, -0.2) is 19.4 Å². The molecule has 0 spiro atoms. The van der Waals surface area contributed by atoms with Gasteiger partial charge in [-0.1, -0.05) is 47.5 Å². The van der Waals surface area contributed by atoms with Gasteiger partial charge in [0.15, 0.2) is 6.79 Å². The van der Waals surface area contributed by atoms with Crippen LogP contribution in [0.4, 0.5) is 0 Å². The lowest BCUT2D eigenvalue weighted by molar-refractivity contribution is -0.175. The maximum Gasteiger partial charge on any atom is 0.314 e. The summed E-state index contributed by atoms with van der Waals surface area (Å²) in [4.78, 5) is 12.9. The summed E-state index contributed by atoms with van der Waals surface area (Å²) in [5.41, 5.74) is -0.184. The molecule has 7 atom stereocenters. The zero-order valence-electron chi connectivity index (χ0n) is 17.1. The molecule has 0 radical (unpaired) electrons. The van der Waals surface area contributed by atoms with E-state index in [1.54, 1.807) is 0 Å². The first-order chi connectivity index (χ1) is 11.7. The van der Waals surface area contributed by atoms with Crippen molar-refractivity contribution in [1.82, 2.24) is 0 Å². The first kappa shape index (κ1) is 19.2. The largest absolute Gasteiger partial charge is 0.438 e. The van der Waals surface area contributed by atoms with Gasteiger partial charge in [-0.15, -0.1) is 0 Å². The van der Waals surface area contributed by atoms with Crippen LogP contribution in [0.5, 0.6) is 0 Å². The predicted molar refractivity (Wildman–Crippen MR) is 99.8 cm³/mol. The minimum atomic E-state index is -0.285. The molecule has 7 unspecified atom stereocenters. The van der Waals surface area contributed by atoms with E-state index in [2.05, 4.69) is 41.5 Å². The van der Waals surface area contributed by atoms with Crippen molar-refractivity contribution >= 4 is 5.97 Å². The predicted octanol–water partition coefficient (Wildman–Crippen LogP) is 5.28. The Morgan fingerprint density at radius 2 is 1.72 bits per heavy atom. The second-order valence-electron chi connectivity index (χ2n) is 10.4. The van der Waals surface area contributed by atoms with E-state index in [1.165, 1.54) is 25.7 Å². The van der Waals surface area contributed by atoms with Gasteiger partial charge in [-0.3, -0.25) is 4.79 Å². The van der Waals surface area contributed by atoms with Gasteiger partial charge in [-0.05, 0) is 67.1 Å². The molecule has 0 aliphatic heterocycles. The summed E-state index contributed by atoms with van der Waals surface area (Å²) in [6.07, 6.45) is 6.24. The van der Waals surface area contributed by atoms with Crippen LogP contribution >= 0.6 is 0 Å². The average Bonchev–Trinajstić information content (AvgIpc) is 3.18. The molecule has 0 aromatic carbocycles. The van der Waals surface area contributed by atoms with Crippen LogP contribution in [0, 0.1) is 46.3 Å². The zero-order valence-corrected chi connectivity index (χ0v) is 17.1. The van der Waals surface area contributed by atoms with Crippen LogP contribution in [-0.2, 0) is 14.3 Å². The maximum absolute atomic E-state index is 12.9. The number of rotatable bonds is 6. The van der Waals surface area contributed by atoms with Gasteiger partial charge in [-0.2, -0.15) is 0 Å². The Kier molecular flexibility index (Phi) is 5.27. The summed E-state index contributed by atoms with van der Waals surface area (Å²) >= 11 is 0. The summed E-state index contributed by atoms with van der Waals surface area (Å²) in [6.45, 7) is 14.0. The van der Waals surface area contributed by atoms with E-state index in [9.17, 15) is 4.79 Å². The van der Waals surface area contributed by atoms with Crippen molar-refractivity contribution in [2.24, 2.45) is 46.3 Å². The lowest BCUT2D eigenvalue weighted by Gasteiger charge is -2.41. The highest BCUT2D eigenvalue weighted by Crippen LogP contribution is 2.69. The van der Waals surface area contributed by atoms with Crippen LogP contribution in [0.15, 0.2) is 0 Å². The number of carbonyl (C=O) groups excluding carboxylic acids is 1. The minimum absolute atomic E-state index is 0.0119. The highest BCUT2D eigenvalue weighted by Gasteiger charge is 2.66. The Bertz CT molecular complexity index is 494. The third kappa shape index (κ3) is 3.38. The van der Waals surface area contributed by atoms with E-state index in [1.807, 2.05) is 0 Å². The molecule has 3 rings (SSSR count). The number of esters is 1. The summed E-state index contributed by atoms with van der Waals surface area (Å²) in [7, 11) is 0. The minimum Gasteiger partial charge on any atom is -0.438 e. The zero-order chi connectivity index (χ0) is 18.4. The number of hydrogen-bond donors (Lipinski definition) is 0. The van der Waals surface area contributed by atoms with E-state index < -0.39 is 0 Å². The molecular weight excluding hydrogens is 312 g/mol. The van der Waals surface area contributed by atoms with Gasteiger partial charge >= 0.3 is 5.97 Å². The highest BCUT2D eigenvalue weighted by atomic mass is 16.7. The fourth-order valence-corrected chi connectivity index (χ4v) is 6.59. The van der Waals surface area contributed by atoms with Gasteiger partial charge in [0.1, 0.15) is 0 Å². The SMILES string of the molecule is CCC1CC(CC)C2C1C1CC2C(C)(C(=O)OCOCC(C)(C)C)C1. The van der Waals surface area contributed by atoms with Crippen LogP contribution in [0.2, 0.25) is 0 Å². The standard InChI is InChI=1S/C22H38O3/c1-7-14-9-15(8-2)19-17-10-16(18(14)19)11-22(17,6)20(23)25-13-24-12-21(3,4)5/h14-19H,7-13H2,1-6H3.